The molecule has 2 aromatic heterocycles. The second-order valence-electron chi connectivity index (χ2n) is 11.7. The molecule has 3 heterocycles. The average Bonchev–Trinajstić information content (AvgIpc) is 3.54. The van der Waals surface area contributed by atoms with Gasteiger partial charge < -0.3 is 44.4 Å². The van der Waals surface area contributed by atoms with Crippen LogP contribution in [-0.4, -0.2) is 66.8 Å². The Hall–Kier alpha value is -4.93. The molecule has 47 heavy (non-hydrogen) atoms. The largest absolute Gasteiger partial charge is 0.508 e. The Morgan fingerprint density at radius 2 is 1.74 bits per heavy atom. The third kappa shape index (κ3) is 6.65. The van der Waals surface area contributed by atoms with Gasteiger partial charge in [-0.3, -0.25) is 4.79 Å². The van der Waals surface area contributed by atoms with Crippen LogP contribution < -0.4 is 25.1 Å². The lowest BCUT2D eigenvalue weighted by Gasteiger charge is -2.29. The van der Waals surface area contributed by atoms with Crippen molar-refractivity contribution in [2.45, 2.75) is 32.6 Å². The number of aromatic nitrogens is 1. The molecule has 3 aromatic carbocycles. The van der Waals surface area contributed by atoms with Crippen molar-refractivity contribution >= 4 is 16.8 Å². The number of nitrogens with one attached hydrogen (secondary N) is 2. The average molecular weight is 640 g/mol. The van der Waals surface area contributed by atoms with Crippen molar-refractivity contribution in [1.82, 2.24) is 10.3 Å². The number of anilines is 1. The molecule has 10 heteroatoms. The third-order valence-corrected chi connectivity index (χ3v) is 8.63. The van der Waals surface area contributed by atoms with Gasteiger partial charge in [-0.1, -0.05) is 31.2 Å². The summed E-state index contributed by atoms with van der Waals surface area (Å²) in [7, 11) is 1.41. The minimum absolute atomic E-state index is 0.0453. The number of phenols is 2. The molecule has 1 aliphatic rings. The van der Waals surface area contributed by atoms with Crippen molar-refractivity contribution < 1.29 is 29.2 Å². The van der Waals surface area contributed by atoms with Gasteiger partial charge in [-0.2, -0.15) is 0 Å². The van der Waals surface area contributed by atoms with Crippen molar-refractivity contribution in [3.8, 4) is 45.4 Å². The summed E-state index contributed by atoms with van der Waals surface area (Å²) in [4.78, 5) is 19.7. The first-order valence-electron chi connectivity index (χ1n) is 16.1. The molecule has 0 amide bonds. The number of piperazine rings is 1. The van der Waals surface area contributed by atoms with Crippen molar-refractivity contribution in [2.75, 3.05) is 51.4 Å². The number of fused-ring (bicyclic) bond motifs is 1. The molecule has 5 N–H and O–H groups in total. The van der Waals surface area contributed by atoms with E-state index in [2.05, 4.69) is 46.4 Å². The van der Waals surface area contributed by atoms with Gasteiger partial charge in [0.05, 0.1) is 13.7 Å². The van der Waals surface area contributed by atoms with E-state index >= 15 is 0 Å². The molecule has 246 valence electrons. The minimum atomic E-state index is -0.366. The Labute approximate surface area is 273 Å². The third-order valence-electron chi connectivity index (χ3n) is 8.63. The first-order chi connectivity index (χ1) is 22.9. The Morgan fingerprint density at radius 1 is 0.957 bits per heavy atom. The molecule has 10 nitrogen and oxygen atoms in total. The highest BCUT2D eigenvalue weighted by molar-refractivity contribution is 5.93. The molecule has 5 aromatic rings. The zero-order valence-corrected chi connectivity index (χ0v) is 26.8. The van der Waals surface area contributed by atoms with Gasteiger partial charge in [0.1, 0.15) is 28.3 Å². The summed E-state index contributed by atoms with van der Waals surface area (Å²) in [5, 5.41) is 34.3. The molecule has 0 unspecified atom stereocenters. The number of benzene rings is 3. The number of ether oxygens (including phenoxy) is 2. The highest BCUT2D eigenvalue weighted by atomic mass is 16.5. The van der Waals surface area contributed by atoms with Gasteiger partial charge >= 0.3 is 0 Å². The van der Waals surface area contributed by atoms with E-state index < -0.39 is 0 Å². The maximum atomic E-state index is 13.7. The summed E-state index contributed by atoms with van der Waals surface area (Å²) in [5.74, 6) is 1.46. The Bertz CT molecular complexity index is 1910. The van der Waals surface area contributed by atoms with Gasteiger partial charge in [-0.15, -0.1) is 0 Å². The van der Waals surface area contributed by atoms with Crippen LogP contribution >= 0.6 is 0 Å². The van der Waals surface area contributed by atoms with Gasteiger partial charge in [0.25, 0.3) is 0 Å². The van der Waals surface area contributed by atoms with E-state index in [0.29, 0.717) is 30.4 Å². The maximum absolute atomic E-state index is 13.7. The quantitative estimate of drug-likeness (QED) is 0.114. The van der Waals surface area contributed by atoms with Gasteiger partial charge in [0.2, 0.25) is 5.75 Å². The topological polar surface area (TPSA) is 140 Å². The van der Waals surface area contributed by atoms with Crippen LogP contribution in [0.15, 0.2) is 69.9 Å². The fraction of sp³-hybridized carbons (Fsp3) is 0.324. The lowest BCUT2D eigenvalue weighted by Crippen LogP contribution is -2.43. The molecule has 6 rings (SSSR count). The Morgan fingerprint density at radius 3 is 2.47 bits per heavy atom. The Balaban J connectivity index is 1.40. The monoisotopic (exact) mass is 639 g/mol. The van der Waals surface area contributed by atoms with E-state index in [1.165, 1.54) is 31.0 Å². The fourth-order valence-electron chi connectivity index (χ4n) is 6.16. The summed E-state index contributed by atoms with van der Waals surface area (Å²) in [5.41, 5.74) is 5.36. The normalized spacial score (nSPS) is 13.3. The van der Waals surface area contributed by atoms with Gasteiger partial charge in [0, 0.05) is 67.7 Å². The number of aliphatic hydroxyl groups excluding tert-OH is 1. The molecule has 0 bridgehead atoms. The molecule has 0 radical (unpaired) electrons. The van der Waals surface area contributed by atoms with E-state index in [4.69, 9.17) is 13.9 Å². The lowest BCUT2D eigenvalue weighted by atomic mass is 9.97. The van der Waals surface area contributed by atoms with Crippen molar-refractivity contribution in [3.05, 3.63) is 87.7 Å². The summed E-state index contributed by atoms with van der Waals surface area (Å²) in [6.07, 6.45) is 2.13. The fourth-order valence-corrected chi connectivity index (χ4v) is 6.16. The number of H-pyrrole nitrogens is 1. The first-order valence-corrected chi connectivity index (χ1v) is 16.1. The number of methoxy groups -OCH3 is 1. The molecule has 1 saturated heterocycles. The van der Waals surface area contributed by atoms with E-state index in [0.717, 1.165) is 55.1 Å². The van der Waals surface area contributed by atoms with Gasteiger partial charge in [0.15, 0.2) is 16.9 Å². The number of phenolic OH excluding ortho intramolecular Hbond substituents is 2. The number of aryl methyl sites for hydroxylation is 3. The molecular weight excluding hydrogens is 598 g/mol. The highest BCUT2D eigenvalue weighted by Gasteiger charge is 2.26. The maximum Gasteiger partial charge on any atom is 0.204 e. The summed E-state index contributed by atoms with van der Waals surface area (Å²) < 4.78 is 17.9. The Kier molecular flexibility index (Phi) is 9.70. The summed E-state index contributed by atoms with van der Waals surface area (Å²) >= 11 is 0. The van der Waals surface area contributed by atoms with Crippen LogP contribution in [0.4, 0.5) is 5.82 Å². The number of aromatic hydroxyl groups is 2. The second-order valence-corrected chi connectivity index (χ2v) is 11.7. The first kappa shape index (κ1) is 32.0. The molecule has 1 aliphatic heterocycles. The van der Waals surface area contributed by atoms with Crippen molar-refractivity contribution in [3.63, 3.8) is 0 Å². The number of aliphatic hydroxyl groups is 1. The number of hydrogen-bond donors (Lipinski definition) is 5. The molecule has 1 fully saturated rings. The standard InChI is InChI=1S/C37H41N3O7/c1-3-26-21-29(37(39-26)40-16-14-38-15-17-40)25-7-4-6-23(20-25)8-13-28-33(44)36(45-2)35(46-19-5-18-41)32-30(43)22-31(47-34(28)32)24-9-11-27(42)12-10-24/h4,6-7,9-12,20-22,38-39,41-42,44H,3,5,8,13-19H2,1-2H3. The highest BCUT2D eigenvalue weighted by Crippen LogP contribution is 2.46. The van der Waals surface area contributed by atoms with E-state index in [1.54, 1.807) is 12.1 Å². The SMILES string of the molecule is CCc1cc(-c2cccc(CCc3c(O)c(OC)c(OCCCO)c4c(=O)cc(-c5ccc(O)cc5)oc34)c2)c(N2CCNCC2)[nH]1. The minimum Gasteiger partial charge on any atom is -0.508 e. The molecule has 0 saturated carbocycles. The molecule has 0 aliphatic carbocycles. The molecule has 0 spiro atoms. The number of hydrogen-bond acceptors (Lipinski definition) is 9. The van der Waals surface area contributed by atoms with Gasteiger partial charge in [-0.05, 0) is 60.7 Å². The van der Waals surface area contributed by atoms with Crippen LogP contribution in [0, 0.1) is 0 Å². The lowest BCUT2D eigenvalue weighted by molar-refractivity contribution is 0.228. The van der Waals surface area contributed by atoms with E-state index in [-0.39, 0.29) is 58.4 Å². The molecule has 0 atom stereocenters. The smallest absolute Gasteiger partial charge is 0.204 e. The van der Waals surface area contributed by atoms with Crippen LogP contribution in [-0.2, 0) is 19.3 Å². The predicted octanol–water partition coefficient (Wildman–Crippen LogP) is 5.39. The van der Waals surface area contributed by atoms with E-state index in [9.17, 15) is 20.1 Å². The van der Waals surface area contributed by atoms with Gasteiger partial charge in [-0.25, -0.2) is 0 Å². The predicted molar refractivity (Wildman–Crippen MR) is 183 cm³/mol. The number of nitrogens with zero attached hydrogens (tertiary/aromatic N) is 1. The van der Waals surface area contributed by atoms with Crippen LogP contribution in [0.2, 0.25) is 0 Å². The van der Waals surface area contributed by atoms with Crippen LogP contribution in [0.5, 0.6) is 23.0 Å². The van der Waals surface area contributed by atoms with Crippen LogP contribution in [0.25, 0.3) is 33.4 Å². The van der Waals surface area contributed by atoms with Crippen molar-refractivity contribution in [2.24, 2.45) is 0 Å². The zero-order chi connectivity index (χ0) is 32.9. The summed E-state index contributed by atoms with van der Waals surface area (Å²) in [6, 6.07) is 18.4. The van der Waals surface area contributed by atoms with Crippen LogP contribution in [0.3, 0.4) is 0 Å². The van der Waals surface area contributed by atoms with Crippen LogP contribution in [0.1, 0.15) is 30.2 Å². The summed E-state index contributed by atoms with van der Waals surface area (Å²) in [6.45, 7) is 5.91. The zero-order valence-electron chi connectivity index (χ0n) is 26.8. The van der Waals surface area contributed by atoms with E-state index in [1.807, 2.05) is 6.07 Å². The molecular formula is C37H41N3O7. The van der Waals surface area contributed by atoms with Crippen molar-refractivity contribution in [1.29, 1.82) is 0 Å². The second kappa shape index (κ2) is 14.2. The number of rotatable bonds is 12. The number of aromatic amines is 1.